The molecule has 0 atom stereocenters. The Labute approximate surface area is 163 Å². The first kappa shape index (κ1) is 19.3. The monoisotopic (exact) mass is 398 g/mol. The van der Waals surface area contributed by atoms with Crippen molar-refractivity contribution < 1.29 is 19.3 Å². The number of hydrazine groups is 1. The zero-order valence-corrected chi connectivity index (χ0v) is 14.9. The molecule has 3 rings (SSSR count). The van der Waals surface area contributed by atoms with Crippen molar-refractivity contribution >= 4 is 22.9 Å². The van der Waals surface area contributed by atoms with Crippen LogP contribution >= 0.6 is 0 Å². The molecule has 0 spiro atoms. The molecule has 29 heavy (non-hydrogen) atoms. The molecule has 12 nitrogen and oxygen atoms in total. The second kappa shape index (κ2) is 8.47. The molecule has 0 aliphatic heterocycles. The van der Waals surface area contributed by atoms with Gasteiger partial charge in [-0.1, -0.05) is 12.1 Å². The number of benzene rings is 2. The maximum Gasteiger partial charge on any atom is 0.374 e. The summed E-state index contributed by atoms with van der Waals surface area (Å²) in [4.78, 5) is 28.8. The van der Waals surface area contributed by atoms with E-state index in [-0.39, 0.29) is 23.1 Å². The molecule has 2 N–H and O–H groups in total. The molecule has 0 fully saturated rings. The van der Waals surface area contributed by atoms with Gasteiger partial charge in [0, 0.05) is 12.1 Å². The van der Waals surface area contributed by atoms with Crippen molar-refractivity contribution in [1.29, 1.82) is 0 Å². The van der Waals surface area contributed by atoms with Crippen LogP contribution in [0.5, 0.6) is 17.4 Å². The van der Waals surface area contributed by atoms with Gasteiger partial charge in [-0.3, -0.25) is 31.1 Å². The molecular formula is C17H14N6O6. The molecule has 0 saturated heterocycles. The van der Waals surface area contributed by atoms with E-state index in [1.54, 1.807) is 24.3 Å². The van der Waals surface area contributed by atoms with Crippen molar-refractivity contribution in [2.75, 3.05) is 18.0 Å². The zero-order chi connectivity index (χ0) is 20.8. The van der Waals surface area contributed by atoms with Crippen molar-refractivity contribution in [1.82, 2.24) is 9.97 Å². The minimum absolute atomic E-state index is 0.0870. The standard InChI is InChI=1S/C17H14N6O6/c1-28-13-4-2-3-5-14(13)29-17-15(23(26)27)16(18-10-19-17)21-20-11-6-8-12(9-7-11)22(24)25/h2-10,20H,1H3,(H,18,19,21). The minimum atomic E-state index is -0.690. The van der Waals surface area contributed by atoms with Crippen LogP contribution in [0.3, 0.4) is 0 Å². The van der Waals surface area contributed by atoms with Crippen LogP contribution in [-0.4, -0.2) is 26.9 Å². The van der Waals surface area contributed by atoms with Crippen molar-refractivity contribution in [3.8, 4) is 17.4 Å². The van der Waals surface area contributed by atoms with Crippen LogP contribution in [0.2, 0.25) is 0 Å². The van der Waals surface area contributed by atoms with E-state index in [9.17, 15) is 20.2 Å². The van der Waals surface area contributed by atoms with Gasteiger partial charge in [-0.2, -0.15) is 4.98 Å². The Hall–Kier alpha value is -4.48. The Morgan fingerprint density at radius 2 is 1.59 bits per heavy atom. The summed E-state index contributed by atoms with van der Waals surface area (Å²) in [5, 5.41) is 22.3. The largest absolute Gasteiger partial charge is 0.493 e. The summed E-state index contributed by atoms with van der Waals surface area (Å²) in [5.74, 6) is 0.167. The molecule has 0 aliphatic rings. The first-order chi connectivity index (χ1) is 14.0. The van der Waals surface area contributed by atoms with Gasteiger partial charge in [0.15, 0.2) is 11.5 Å². The van der Waals surface area contributed by atoms with E-state index < -0.39 is 15.5 Å². The number of ether oxygens (including phenoxy) is 2. The third-order valence-corrected chi connectivity index (χ3v) is 3.65. The number of rotatable bonds is 8. The van der Waals surface area contributed by atoms with Gasteiger partial charge in [-0.25, -0.2) is 4.98 Å². The number of anilines is 2. The van der Waals surface area contributed by atoms with E-state index in [0.29, 0.717) is 11.4 Å². The number of aromatic nitrogens is 2. The van der Waals surface area contributed by atoms with Gasteiger partial charge < -0.3 is 9.47 Å². The number of nitrogens with one attached hydrogen (secondary N) is 2. The van der Waals surface area contributed by atoms with Crippen LogP contribution in [0, 0.1) is 20.2 Å². The fourth-order valence-corrected chi connectivity index (χ4v) is 2.30. The first-order valence-corrected chi connectivity index (χ1v) is 8.06. The maximum absolute atomic E-state index is 11.6. The van der Waals surface area contributed by atoms with E-state index in [4.69, 9.17) is 9.47 Å². The Kier molecular flexibility index (Phi) is 5.64. The first-order valence-electron chi connectivity index (χ1n) is 8.06. The van der Waals surface area contributed by atoms with Gasteiger partial charge >= 0.3 is 11.6 Å². The predicted molar refractivity (Wildman–Crippen MR) is 102 cm³/mol. The van der Waals surface area contributed by atoms with Gasteiger partial charge in [0.05, 0.1) is 22.6 Å². The highest BCUT2D eigenvalue weighted by molar-refractivity contribution is 5.64. The number of nitro benzene ring substituents is 1. The molecule has 0 unspecified atom stereocenters. The summed E-state index contributed by atoms with van der Waals surface area (Å²) in [7, 11) is 1.44. The summed E-state index contributed by atoms with van der Waals surface area (Å²) in [6, 6.07) is 12.1. The summed E-state index contributed by atoms with van der Waals surface area (Å²) >= 11 is 0. The number of nitro groups is 2. The Bertz CT molecular complexity index is 1040. The summed E-state index contributed by atoms with van der Waals surface area (Å²) in [5.41, 5.74) is 5.11. The van der Waals surface area contributed by atoms with E-state index >= 15 is 0 Å². The number of nitrogens with zero attached hydrogens (tertiary/aromatic N) is 4. The summed E-state index contributed by atoms with van der Waals surface area (Å²) in [6.07, 6.45) is 1.09. The lowest BCUT2D eigenvalue weighted by atomic mass is 10.3. The third kappa shape index (κ3) is 4.44. The second-order valence-corrected chi connectivity index (χ2v) is 5.44. The van der Waals surface area contributed by atoms with E-state index in [1.807, 2.05) is 0 Å². The van der Waals surface area contributed by atoms with Gasteiger partial charge in [0.1, 0.15) is 6.33 Å². The zero-order valence-electron chi connectivity index (χ0n) is 14.9. The molecule has 0 aliphatic carbocycles. The van der Waals surface area contributed by atoms with E-state index in [0.717, 1.165) is 6.33 Å². The number of non-ortho nitro benzene ring substituents is 1. The average molecular weight is 398 g/mol. The normalized spacial score (nSPS) is 10.1. The molecule has 2 aromatic carbocycles. The highest BCUT2D eigenvalue weighted by Crippen LogP contribution is 2.37. The van der Waals surface area contributed by atoms with Crippen molar-refractivity contribution in [3.63, 3.8) is 0 Å². The molecule has 0 bridgehead atoms. The SMILES string of the molecule is COc1ccccc1Oc1ncnc(NNc2ccc([N+](=O)[O-])cc2)c1[N+](=O)[O-]. The second-order valence-electron chi connectivity index (χ2n) is 5.44. The van der Waals surface area contributed by atoms with Crippen molar-refractivity contribution in [2.24, 2.45) is 0 Å². The maximum atomic E-state index is 11.6. The number of hydrogen-bond donors (Lipinski definition) is 2. The molecule has 1 aromatic heterocycles. The Morgan fingerprint density at radius 3 is 2.21 bits per heavy atom. The van der Waals surface area contributed by atoms with Crippen LogP contribution in [0.1, 0.15) is 0 Å². The lowest BCUT2D eigenvalue weighted by Crippen LogP contribution is -2.13. The van der Waals surface area contributed by atoms with E-state index in [2.05, 4.69) is 20.8 Å². The van der Waals surface area contributed by atoms with Gasteiger partial charge in [-0.05, 0) is 24.3 Å². The van der Waals surface area contributed by atoms with Crippen molar-refractivity contribution in [3.05, 3.63) is 75.1 Å². The predicted octanol–water partition coefficient (Wildman–Crippen LogP) is 3.53. The molecule has 1 heterocycles. The van der Waals surface area contributed by atoms with Crippen LogP contribution < -0.4 is 20.3 Å². The highest BCUT2D eigenvalue weighted by Gasteiger charge is 2.26. The topological polar surface area (TPSA) is 155 Å². The summed E-state index contributed by atoms with van der Waals surface area (Å²) in [6.45, 7) is 0. The van der Waals surface area contributed by atoms with Gasteiger partial charge in [0.2, 0.25) is 5.82 Å². The molecule has 0 radical (unpaired) electrons. The molecule has 0 saturated carbocycles. The smallest absolute Gasteiger partial charge is 0.374 e. The summed E-state index contributed by atoms with van der Waals surface area (Å²) < 4.78 is 10.7. The van der Waals surface area contributed by atoms with Crippen LogP contribution in [-0.2, 0) is 0 Å². The average Bonchev–Trinajstić information content (AvgIpc) is 2.72. The molecule has 148 valence electrons. The Morgan fingerprint density at radius 1 is 0.897 bits per heavy atom. The molecule has 0 amide bonds. The fourth-order valence-electron chi connectivity index (χ4n) is 2.30. The molecule has 3 aromatic rings. The highest BCUT2D eigenvalue weighted by atomic mass is 16.6. The van der Waals surface area contributed by atoms with Crippen LogP contribution in [0.25, 0.3) is 0 Å². The van der Waals surface area contributed by atoms with Crippen LogP contribution in [0.15, 0.2) is 54.9 Å². The van der Waals surface area contributed by atoms with E-state index in [1.165, 1.54) is 31.4 Å². The molecule has 12 heteroatoms. The van der Waals surface area contributed by atoms with Gasteiger partial charge in [0.25, 0.3) is 5.69 Å². The van der Waals surface area contributed by atoms with Crippen molar-refractivity contribution in [2.45, 2.75) is 0 Å². The minimum Gasteiger partial charge on any atom is -0.493 e. The lowest BCUT2D eigenvalue weighted by Gasteiger charge is -2.12. The fraction of sp³-hybridized carbons (Fsp3) is 0.0588. The molecular weight excluding hydrogens is 384 g/mol. The quantitative estimate of drug-likeness (QED) is 0.425. The third-order valence-electron chi connectivity index (χ3n) is 3.65. The Balaban J connectivity index is 1.85. The van der Waals surface area contributed by atoms with Crippen LogP contribution in [0.4, 0.5) is 22.9 Å². The number of para-hydroxylation sites is 2. The lowest BCUT2D eigenvalue weighted by molar-refractivity contribution is -0.385. The number of hydrogen-bond acceptors (Lipinski definition) is 10. The van der Waals surface area contributed by atoms with Gasteiger partial charge in [-0.15, -0.1) is 0 Å². The number of methoxy groups -OCH3 is 1.